The summed E-state index contributed by atoms with van der Waals surface area (Å²) in [6, 6.07) is 42.8. The van der Waals surface area contributed by atoms with Crippen LogP contribution >= 0.6 is 11.3 Å². The van der Waals surface area contributed by atoms with Gasteiger partial charge in [-0.3, -0.25) is 0 Å². The van der Waals surface area contributed by atoms with Crippen LogP contribution in [-0.4, -0.2) is 18.0 Å². The van der Waals surface area contributed by atoms with Gasteiger partial charge < -0.3 is 9.97 Å². The van der Waals surface area contributed by atoms with Crippen LogP contribution in [0.5, 0.6) is 0 Å². The maximum Gasteiger partial charge on any atom is 0.0798 e. The summed E-state index contributed by atoms with van der Waals surface area (Å²) in [6.07, 6.45) is 3.99. The second-order valence-corrected chi connectivity index (χ2v) is 19.8. The van der Waals surface area contributed by atoms with E-state index in [0.29, 0.717) is 11.8 Å². The van der Waals surface area contributed by atoms with Gasteiger partial charge in [-0.05, 0) is 68.7 Å². The molecule has 3 aromatic heterocycles. The molecule has 4 aromatic carbocycles. The number of rotatable bonds is 6. The molecule has 1 atom stereocenters. The molecule has 0 aliphatic heterocycles. The number of aryl methyl sites for hydroxylation is 1. The first-order chi connectivity index (χ1) is 22.6. The van der Waals surface area contributed by atoms with Crippen molar-refractivity contribution in [2.24, 2.45) is 5.92 Å². The van der Waals surface area contributed by atoms with Crippen molar-refractivity contribution in [3.63, 3.8) is 0 Å². The number of thiophene rings is 1. The molecule has 7 aromatic rings. The van der Waals surface area contributed by atoms with Crippen LogP contribution < -0.4 is 5.19 Å². The zero-order valence-corrected chi connectivity index (χ0v) is 33.0. The van der Waals surface area contributed by atoms with Crippen LogP contribution in [0.3, 0.4) is 0 Å². The van der Waals surface area contributed by atoms with Crippen LogP contribution in [-0.2, 0) is 20.1 Å². The number of aromatic nitrogens is 2. The van der Waals surface area contributed by atoms with E-state index in [9.17, 15) is 0 Å². The van der Waals surface area contributed by atoms with Crippen molar-refractivity contribution in [2.75, 3.05) is 0 Å². The average Bonchev–Trinajstić information content (AvgIpc) is 3.46. The summed E-state index contributed by atoms with van der Waals surface area (Å²) in [6.45, 7) is 16.1. The van der Waals surface area contributed by atoms with E-state index >= 15 is 0 Å². The van der Waals surface area contributed by atoms with Crippen LogP contribution in [0.15, 0.2) is 116 Å². The van der Waals surface area contributed by atoms with Gasteiger partial charge in [-0.2, -0.15) is 11.3 Å². The Bertz CT molecular complexity index is 2130. The maximum absolute atomic E-state index is 4.71. The van der Waals surface area contributed by atoms with Crippen LogP contribution in [0.1, 0.15) is 37.8 Å². The minimum Gasteiger partial charge on any atom is -0.305 e. The van der Waals surface area contributed by atoms with E-state index in [1.165, 1.54) is 47.6 Å². The molecular formula is C43H42IrN2SSi-2. The van der Waals surface area contributed by atoms with Gasteiger partial charge in [0.1, 0.15) is 0 Å². The third-order valence-electron chi connectivity index (χ3n) is 9.01. The van der Waals surface area contributed by atoms with Crippen molar-refractivity contribution in [3.8, 4) is 33.6 Å². The van der Waals surface area contributed by atoms with Crippen LogP contribution in [0.2, 0.25) is 19.6 Å². The van der Waals surface area contributed by atoms with Gasteiger partial charge in [-0.1, -0.05) is 112 Å². The zero-order valence-electron chi connectivity index (χ0n) is 28.8. The summed E-state index contributed by atoms with van der Waals surface area (Å²) in [5.41, 5.74) is 9.40. The Morgan fingerprint density at radius 1 is 0.708 bits per heavy atom. The summed E-state index contributed by atoms with van der Waals surface area (Å²) in [4.78, 5) is 9.29. The predicted octanol–water partition coefficient (Wildman–Crippen LogP) is 11.7. The molecule has 7 rings (SSSR count). The number of benzene rings is 4. The number of nitrogens with zero attached hydrogens (tertiary/aromatic N) is 2. The molecule has 0 N–H and O–H groups in total. The van der Waals surface area contributed by atoms with Gasteiger partial charge in [-0.25, -0.2) is 0 Å². The van der Waals surface area contributed by atoms with E-state index < -0.39 is 8.07 Å². The average molecular weight is 839 g/mol. The second kappa shape index (κ2) is 15.2. The molecule has 3 heterocycles. The monoisotopic (exact) mass is 839 g/mol. The minimum atomic E-state index is -1.27. The van der Waals surface area contributed by atoms with Gasteiger partial charge in [0.25, 0.3) is 0 Å². The zero-order chi connectivity index (χ0) is 33.1. The van der Waals surface area contributed by atoms with Crippen molar-refractivity contribution >= 4 is 44.8 Å². The Morgan fingerprint density at radius 3 is 2.17 bits per heavy atom. The molecule has 0 amide bonds. The Balaban J connectivity index is 0.000000214. The van der Waals surface area contributed by atoms with Gasteiger partial charge in [0.05, 0.1) is 8.07 Å². The van der Waals surface area contributed by atoms with Crippen molar-refractivity contribution in [1.82, 2.24) is 9.97 Å². The van der Waals surface area contributed by atoms with Crippen LogP contribution in [0.25, 0.3) is 53.8 Å². The first-order valence-electron chi connectivity index (χ1n) is 16.4. The summed E-state index contributed by atoms with van der Waals surface area (Å²) < 4.78 is 2.57. The SMILES string of the molecule is CC(C)C(C)c1ccnc(-c2[c-]ccc3c2sc2cc(-c4ccccc4)ccc23)c1.Cc1cc(-c2[c-]cccc2)ncc1[Si](C)(C)C.[Ir]. The molecule has 1 unspecified atom stereocenters. The van der Waals surface area contributed by atoms with Gasteiger partial charge in [0.15, 0.2) is 0 Å². The molecule has 0 aliphatic rings. The number of pyridine rings is 2. The topological polar surface area (TPSA) is 25.8 Å². The van der Waals surface area contributed by atoms with Crippen molar-refractivity contribution in [1.29, 1.82) is 0 Å². The Labute approximate surface area is 304 Å². The number of hydrogen-bond acceptors (Lipinski definition) is 3. The second-order valence-electron chi connectivity index (χ2n) is 13.7. The fourth-order valence-corrected chi connectivity index (χ4v) is 8.99. The Hall–Kier alpha value is -3.73. The first-order valence-corrected chi connectivity index (χ1v) is 20.7. The normalized spacial score (nSPS) is 12.0. The van der Waals surface area contributed by atoms with Crippen molar-refractivity contribution < 1.29 is 20.1 Å². The molecule has 5 heteroatoms. The Morgan fingerprint density at radius 2 is 1.48 bits per heavy atom. The Kier molecular flexibility index (Phi) is 11.3. The number of hydrogen-bond donors (Lipinski definition) is 0. The van der Waals surface area contributed by atoms with Gasteiger partial charge in [-0.15, -0.1) is 59.7 Å². The van der Waals surface area contributed by atoms with Crippen molar-refractivity contribution in [2.45, 2.75) is 53.3 Å². The predicted molar refractivity (Wildman–Crippen MR) is 206 cm³/mol. The summed E-state index contributed by atoms with van der Waals surface area (Å²) in [7, 11) is -1.27. The van der Waals surface area contributed by atoms with E-state index in [2.05, 4.69) is 150 Å². The standard InChI is InChI=1S/C28H24NS.C15H18NSi.Ir/c1-18(2)19(3)21-14-15-29-26(16-21)25-11-7-10-24-23-13-12-22(17-27(23)30-28(24)25)20-8-5-4-6-9-20;1-12-10-14(13-8-6-5-7-9-13)16-11-15(12)17(2,3)4;/h4-10,12-19H,1-3H3;5-8,10-11H,1-4H3;/q2*-1;. The van der Waals surface area contributed by atoms with Gasteiger partial charge in [0, 0.05) is 37.2 Å². The molecule has 2 nitrogen and oxygen atoms in total. The molecule has 1 radical (unpaired) electrons. The smallest absolute Gasteiger partial charge is 0.0798 e. The van der Waals surface area contributed by atoms with E-state index in [1.54, 1.807) is 0 Å². The van der Waals surface area contributed by atoms with Crippen LogP contribution in [0.4, 0.5) is 0 Å². The third kappa shape index (κ3) is 7.77. The largest absolute Gasteiger partial charge is 0.305 e. The van der Waals surface area contributed by atoms with E-state index in [-0.39, 0.29) is 20.1 Å². The number of fused-ring (bicyclic) bond motifs is 3. The van der Waals surface area contributed by atoms with Crippen molar-refractivity contribution in [3.05, 3.63) is 139 Å². The minimum absolute atomic E-state index is 0. The quantitative estimate of drug-likeness (QED) is 0.123. The van der Waals surface area contributed by atoms with E-state index in [4.69, 9.17) is 4.98 Å². The molecule has 0 saturated heterocycles. The first kappa shape index (κ1) is 35.6. The molecule has 0 bridgehead atoms. The summed E-state index contributed by atoms with van der Waals surface area (Å²) >= 11 is 1.84. The molecular weight excluding hydrogens is 797 g/mol. The summed E-state index contributed by atoms with van der Waals surface area (Å²) in [5, 5.41) is 4.03. The molecule has 0 saturated carbocycles. The molecule has 48 heavy (non-hydrogen) atoms. The molecule has 0 spiro atoms. The van der Waals surface area contributed by atoms with Gasteiger partial charge >= 0.3 is 0 Å². The fraction of sp³-hybridized carbons (Fsp3) is 0.209. The van der Waals surface area contributed by atoms with E-state index in [1.807, 2.05) is 41.8 Å². The fourth-order valence-electron chi connectivity index (χ4n) is 6.03. The summed E-state index contributed by atoms with van der Waals surface area (Å²) in [5.74, 6) is 1.10. The molecule has 245 valence electrons. The van der Waals surface area contributed by atoms with Crippen LogP contribution in [0, 0.1) is 25.0 Å². The third-order valence-corrected chi connectivity index (χ3v) is 12.3. The molecule has 0 fully saturated rings. The van der Waals surface area contributed by atoms with Gasteiger partial charge in [0.2, 0.25) is 0 Å². The molecule has 0 aliphatic carbocycles. The maximum atomic E-state index is 4.71. The van der Waals surface area contributed by atoms with E-state index in [0.717, 1.165) is 22.5 Å².